The number of nitrogens with one attached hydrogen (secondary N) is 1. The Labute approximate surface area is 115 Å². The van der Waals surface area contributed by atoms with Gasteiger partial charge in [0.25, 0.3) is 0 Å². The van der Waals surface area contributed by atoms with Crippen LogP contribution in [0.5, 0.6) is 0 Å². The van der Waals surface area contributed by atoms with Gasteiger partial charge in [-0.3, -0.25) is 9.69 Å². The molecule has 0 unspecified atom stereocenters. The fourth-order valence-corrected chi connectivity index (χ4v) is 2.53. The quantitative estimate of drug-likeness (QED) is 0.810. The van der Waals surface area contributed by atoms with Crippen molar-refractivity contribution in [3.63, 3.8) is 0 Å². The number of amides is 1. The van der Waals surface area contributed by atoms with Gasteiger partial charge in [-0.05, 0) is 44.1 Å². The Morgan fingerprint density at radius 1 is 1.37 bits per heavy atom. The Balaban J connectivity index is 2.03. The van der Waals surface area contributed by atoms with Crippen LogP contribution < -0.4 is 10.2 Å². The van der Waals surface area contributed by atoms with Crippen LogP contribution >= 0.6 is 0 Å². The van der Waals surface area contributed by atoms with Gasteiger partial charge >= 0.3 is 0 Å². The van der Waals surface area contributed by atoms with Crippen LogP contribution in [0.4, 0.5) is 5.69 Å². The van der Waals surface area contributed by atoms with Crippen molar-refractivity contribution in [2.24, 2.45) is 0 Å². The summed E-state index contributed by atoms with van der Waals surface area (Å²) >= 11 is 0. The number of aryl methyl sites for hydroxylation is 1. The lowest BCUT2D eigenvalue weighted by atomic mass is 9.98. The van der Waals surface area contributed by atoms with E-state index in [1.54, 1.807) is 4.90 Å². The molecule has 1 N–H and O–H groups in total. The lowest BCUT2D eigenvalue weighted by molar-refractivity contribution is -0.118. The lowest BCUT2D eigenvalue weighted by Crippen LogP contribution is -2.31. The highest BCUT2D eigenvalue weighted by Crippen LogP contribution is 2.27. The van der Waals surface area contributed by atoms with Crippen molar-refractivity contribution < 1.29 is 4.79 Å². The number of hydrogen-bond donors (Lipinski definition) is 1. The average molecular weight is 261 g/mol. The maximum Gasteiger partial charge on any atom is 0.227 e. The minimum absolute atomic E-state index is 0.217. The van der Waals surface area contributed by atoms with E-state index >= 15 is 0 Å². The number of carbonyl (C=O) groups is 1. The fourth-order valence-electron chi connectivity index (χ4n) is 2.53. The van der Waals surface area contributed by atoms with Gasteiger partial charge in [-0.15, -0.1) is 0 Å². The molecule has 1 aromatic rings. The standard InChI is InChI=1S/C15H23N3O/c1-16-11-17(2)9-8-12-4-6-14-13(10-12)5-7-15(19)18(14)3/h4,6,10,16H,5,7-9,11H2,1-3H3. The highest BCUT2D eigenvalue weighted by Gasteiger charge is 2.20. The van der Waals surface area contributed by atoms with Crippen LogP contribution in [0.15, 0.2) is 18.2 Å². The number of likely N-dealkylation sites (N-methyl/N-ethyl adjacent to an activating group) is 1. The predicted octanol–water partition coefficient (Wildman–Crippen LogP) is 1.25. The van der Waals surface area contributed by atoms with Crippen LogP contribution in [0.3, 0.4) is 0 Å². The zero-order valence-corrected chi connectivity index (χ0v) is 12.1. The molecule has 19 heavy (non-hydrogen) atoms. The van der Waals surface area contributed by atoms with E-state index in [0.717, 1.165) is 31.7 Å². The Morgan fingerprint density at radius 2 is 2.16 bits per heavy atom. The van der Waals surface area contributed by atoms with E-state index in [2.05, 4.69) is 35.5 Å². The number of rotatable bonds is 5. The van der Waals surface area contributed by atoms with E-state index < -0.39 is 0 Å². The first-order valence-electron chi connectivity index (χ1n) is 6.83. The van der Waals surface area contributed by atoms with E-state index in [0.29, 0.717) is 6.42 Å². The smallest absolute Gasteiger partial charge is 0.227 e. The molecule has 104 valence electrons. The SMILES string of the molecule is CNCN(C)CCc1ccc2c(c1)CCC(=O)N2C. The van der Waals surface area contributed by atoms with Gasteiger partial charge < -0.3 is 10.2 Å². The summed E-state index contributed by atoms with van der Waals surface area (Å²) in [5.41, 5.74) is 3.73. The minimum Gasteiger partial charge on any atom is -0.315 e. The Hall–Kier alpha value is -1.39. The Bertz CT molecular complexity index is 459. The zero-order valence-electron chi connectivity index (χ0n) is 12.1. The van der Waals surface area contributed by atoms with Gasteiger partial charge in [0.1, 0.15) is 0 Å². The third kappa shape index (κ3) is 3.33. The predicted molar refractivity (Wildman–Crippen MR) is 78.4 cm³/mol. The number of fused-ring (bicyclic) bond motifs is 1. The normalized spacial score (nSPS) is 14.9. The molecule has 1 aromatic carbocycles. The number of benzene rings is 1. The molecule has 1 aliphatic rings. The second kappa shape index (κ2) is 6.17. The molecule has 0 bridgehead atoms. The first-order chi connectivity index (χ1) is 9.11. The van der Waals surface area contributed by atoms with Crippen LogP contribution in [0.2, 0.25) is 0 Å². The Morgan fingerprint density at radius 3 is 2.89 bits per heavy atom. The zero-order chi connectivity index (χ0) is 13.8. The molecule has 0 saturated carbocycles. The lowest BCUT2D eigenvalue weighted by Gasteiger charge is -2.26. The molecule has 0 atom stereocenters. The van der Waals surface area contributed by atoms with Crippen molar-refractivity contribution in [2.75, 3.05) is 39.3 Å². The number of hydrogen-bond acceptors (Lipinski definition) is 3. The van der Waals surface area contributed by atoms with Crippen LogP contribution in [0, 0.1) is 0 Å². The molecule has 4 nitrogen and oxygen atoms in total. The second-order valence-corrected chi connectivity index (χ2v) is 5.26. The summed E-state index contributed by atoms with van der Waals surface area (Å²) in [6.07, 6.45) is 2.55. The van der Waals surface area contributed by atoms with E-state index in [4.69, 9.17) is 0 Å². The van der Waals surface area contributed by atoms with E-state index in [9.17, 15) is 4.79 Å². The summed E-state index contributed by atoms with van der Waals surface area (Å²) in [6, 6.07) is 6.48. The molecule has 1 aliphatic heterocycles. The van der Waals surface area contributed by atoms with E-state index in [1.165, 1.54) is 11.1 Å². The molecular formula is C15H23N3O. The van der Waals surface area contributed by atoms with E-state index in [1.807, 2.05) is 14.1 Å². The number of nitrogens with zero attached hydrogens (tertiary/aromatic N) is 2. The summed E-state index contributed by atoms with van der Waals surface area (Å²) in [6.45, 7) is 1.94. The molecule has 0 saturated heterocycles. The van der Waals surface area contributed by atoms with Gasteiger partial charge in [0.15, 0.2) is 0 Å². The van der Waals surface area contributed by atoms with Gasteiger partial charge in [0, 0.05) is 32.4 Å². The Kier molecular flexibility index (Phi) is 4.56. The van der Waals surface area contributed by atoms with Crippen molar-refractivity contribution in [1.82, 2.24) is 10.2 Å². The summed E-state index contributed by atoms with van der Waals surface area (Å²) in [5, 5.41) is 3.15. The summed E-state index contributed by atoms with van der Waals surface area (Å²) in [5.74, 6) is 0.217. The van der Waals surface area contributed by atoms with Gasteiger partial charge in [0.05, 0.1) is 0 Å². The van der Waals surface area contributed by atoms with Crippen molar-refractivity contribution in [1.29, 1.82) is 0 Å². The third-order valence-corrected chi connectivity index (χ3v) is 3.70. The minimum atomic E-state index is 0.217. The van der Waals surface area contributed by atoms with Crippen LogP contribution in [0.1, 0.15) is 17.5 Å². The summed E-state index contributed by atoms with van der Waals surface area (Å²) in [4.78, 5) is 15.7. The van der Waals surface area contributed by atoms with Crippen LogP contribution in [-0.2, 0) is 17.6 Å². The molecule has 0 fully saturated rings. The first-order valence-corrected chi connectivity index (χ1v) is 6.83. The molecule has 1 heterocycles. The monoisotopic (exact) mass is 261 g/mol. The fraction of sp³-hybridized carbons (Fsp3) is 0.533. The highest BCUT2D eigenvalue weighted by atomic mass is 16.2. The second-order valence-electron chi connectivity index (χ2n) is 5.26. The highest BCUT2D eigenvalue weighted by molar-refractivity contribution is 5.95. The van der Waals surface area contributed by atoms with Crippen LogP contribution in [0.25, 0.3) is 0 Å². The average Bonchev–Trinajstić information content (AvgIpc) is 2.41. The number of anilines is 1. The maximum atomic E-state index is 11.6. The first kappa shape index (κ1) is 14.0. The van der Waals surface area contributed by atoms with Crippen molar-refractivity contribution in [2.45, 2.75) is 19.3 Å². The molecule has 0 spiro atoms. The molecule has 0 aliphatic carbocycles. The summed E-state index contributed by atoms with van der Waals surface area (Å²) < 4.78 is 0. The van der Waals surface area contributed by atoms with Gasteiger partial charge in [-0.1, -0.05) is 12.1 Å². The van der Waals surface area contributed by atoms with Crippen LogP contribution in [-0.4, -0.2) is 45.2 Å². The molecule has 0 aromatic heterocycles. The molecule has 4 heteroatoms. The van der Waals surface area contributed by atoms with Crippen molar-refractivity contribution in [3.05, 3.63) is 29.3 Å². The molecule has 0 radical (unpaired) electrons. The third-order valence-electron chi connectivity index (χ3n) is 3.70. The summed E-state index contributed by atoms with van der Waals surface area (Å²) in [7, 11) is 5.93. The molecular weight excluding hydrogens is 238 g/mol. The molecule has 2 rings (SSSR count). The van der Waals surface area contributed by atoms with Crippen molar-refractivity contribution in [3.8, 4) is 0 Å². The van der Waals surface area contributed by atoms with Gasteiger partial charge in [-0.25, -0.2) is 0 Å². The van der Waals surface area contributed by atoms with Crippen molar-refractivity contribution >= 4 is 11.6 Å². The molecule has 1 amide bonds. The number of carbonyl (C=O) groups excluding carboxylic acids is 1. The maximum absolute atomic E-state index is 11.6. The van der Waals surface area contributed by atoms with Gasteiger partial charge in [-0.2, -0.15) is 0 Å². The largest absolute Gasteiger partial charge is 0.315 e. The topological polar surface area (TPSA) is 35.6 Å². The van der Waals surface area contributed by atoms with Gasteiger partial charge in [0.2, 0.25) is 5.91 Å². The van der Waals surface area contributed by atoms with E-state index in [-0.39, 0.29) is 5.91 Å².